The van der Waals surface area contributed by atoms with Crippen molar-refractivity contribution in [2.24, 2.45) is 0 Å². The van der Waals surface area contributed by atoms with Crippen LogP contribution < -0.4 is 0 Å². The van der Waals surface area contributed by atoms with E-state index in [1.807, 2.05) is 4.74 Å². The molecule has 0 aliphatic rings. The van der Waals surface area contributed by atoms with Crippen LogP contribution in [0.4, 0.5) is 57.1 Å². The average molecular weight is 448 g/mol. The van der Waals surface area contributed by atoms with Crippen molar-refractivity contribution in [3.63, 3.8) is 0 Å². The molecule has 0 bridgehead atoms. The van der Waals surface area contributed by atoms with Crippen molar-refractivity contribution in [1.29, 1.82) is 0 Å². The van der Waals surface area contributed by atoms with Gasteiger partial charge < -0.3 is 4.74 Å². The molecule has 0 aromatic rings. The maximum atomic E-state index is 13.8. The highest BCUT2D eigenvalue weighted by atomic mass is 19.4. The summed E-state index contributed by atoms with van der Waals surface area (Å²) in [5, 5.41) is 0. The highest BCUT2D eigenvalue weighted by Crippen LogP contribution is 2.53. The van der Waals surface area contributed by atoms with Crippen molar-refractivity contribution < 1.29 is 71.3 Å². The zero-order valence-corrected chi connectivity index (χ0v) is 13.0. The number of alkyl halides is 12. The third-order valence-corrected chi connectivity index (χ3v) is 2.56. The Kier molecular flexibility index (Phi) is 7.61. The Labute approximate surface area is 147 Å². The van der Waals surface area contributed by atoms with Crippen LogP contribution in [0.1, 0.15) is 0 Å². The predicted molar refractivity (Wildman–Crippen MR) is 63.1 cm³/mol. The molecule has 3 nitrogen and oxygen atoms in total. The van der Waals surface area contributed by atoms with Crippen LogP contribution in [0.15, 0.2) is 25.1 Å². The molecule has 0 aromatic heterocycles. The summed E-state index contributed by atoms with van der Waals surface area (Å²) in [4.78, 5) is 0. The van der Waals surface area contributed by atoms with Gasteiger partial charge in [-0.2, -0.15) is 52.7 Å². The van der Waals surface area contributed by atoms with E-state index in [-0.39, 0.29) is 0 Å². The molecule has 0 N–H and O–H groups in total. The Morgan fingerprint density at radius 1 is 0.786 bits per heavy atom. The lowest BCUT2D eigenvalue weighted by molar-refractivity contribution is -0.529. The number of hydrogen-bond donors (Lipinski definition) is 0. The molecule has 0 amide bonds. The lowest BCUT2D eigenvalue weighted by Gasteiger charge is -2.39. The number of hydrogen-bond acceptors (Lipinski definition) is 3. The Bertz CT molecular complexity index is 570. The first-order valence-corrected chi connectivity index (χ1v) is 6.37. The molecule has 16 heteroatoms. The predicted octanol–water partition coefficient (Wildman–Crippen LogP) is 5.35. The molecule has 0 saturated heterocycles. The second-order valence-electron chi connectivity index (χ2n) is 4.77. The van der Waals surface area contributed by atoms with Crippen LogP contribution in [0.25, 0.3) is 0 Å². The SMILES string of the molecule is C=CCOCC(F)(OC(F)(F)C(F)(OC(F)(F)C(=C)F)C(F)(F)F)C(F)(F)F. The third-order valence-electron chi connectivity index (χ3n) is 2.56. The molecular formula is C12H9F13O3. The standard InChI is InChI=1S/C12H9F13O3/c1-3-4-26-5-7(14,10(18,19)20)27-12(24,25)9(17,11(21,22)23)28-8(15,16)6(2)13/h3H,1-2,4-5H2. The van der Waals surface area contributed by atoms with Gasteiger partial charge in [-0.15, -0.1) is 6.58 Å². The maximum Gasteiger partial charge on any atom is 0.458 e. The minimum Gasteiger partial charge on any atom is -0.371 e. The summed E-state index contributed by atoms with van der Waals surface area (Å²) in [6.45, 7) is 1.02. The molecule has 0 radical (unpaired) electrons. The van der Waals surface area contributed by atoms with Crippen molar-refractivity contribution >= 4 is 0 Å². The molecule has 28 heavy (non-hydrogen) atoms. The van der Waals surface area contributed by atoms with Gasteiger partial charge in [0.25, 0.3) is 0 Å². The molecule has 0 spiro atoms. The van der Waals surface area contributed by atoms with Gasteiger partial charge in [0, 0.05) is 0 Å². The second-order valence-corrected chi connectivity index (χ2v) is 4.77. The fourth-order valence-electron chi connectivity index (χ4n) is 1.23. The Balaban J connectivity index is 6.19. The molecule has 2 atom stereocenters. The molecular weight excluding hydrogens is 439 g/mol. The second kappa shape index (κ2) is 8.06. The summed E-state index contributed by atoms with van der Waals surface area (Å²) in [7, 11) is 0. The Morgan fingerprint density at radius 2 is 1.25 bits per heavy atom. The van der Waals surface area contributed by atoms with E-state index in [9.17, 15) is 57.1 Å². The summed E-state index contributed by atoms with van der Waals surface area (Å²) in [6.07, 6.45) is -26.4. The van der Waals surface area contributed by atoms with E-state index in [1.165, 1.54) is 0 Å². The van der Waals surface area contributed by atoms with Crippen molar-refractivity contribution in [3.05, 3.63) is 25.1 Å². The Morgan fingerprint density at radius 3 is 1.57 bits per heavy atom. The van der Waals surface area contributed by atoms with Gasteiger partial charge in [0.05, 0.1) is 6.61 Å². The monoisotopic (exact) mass is 448 g/mol. The largest absolute Gasteiger partial charge is 0.458 e. The summed E-state index contributed by atoms with van der Waals surface area (Å²) >= 11 is 0. The molecule has 0 fully saturated rings. The first-order chi connectivity index (χ1) is 12.2. The van der Waals surface area contributed by atoms with E-state index in [0.29, 0.717) is 6.08 Å². The highest BCUT2D eigenvalue weighted by molar-refractivity contribution is 4.97. The minimum absolute atomic E-state index is 0.653. The first kappa shape index (κ1) is 26.4. The summed E-state index contributed by atoms with van der Waals surface area (Å²) in [5.41, 5.74) is 0. The molecule has 0 aromatic carbocycles. The van der Waals surface area contributed by atoms with Crippen LogP contribution in [-0.2, 0) is 14.2 Å². The topological polar surface area (TPSA) is 27.7 Å². The van der Waals surface area contributed by atoms with E-state index < -0.39 is 55.3 Å². The molecule has 166 valence electrons. The van der Waals surface area contributed by atoms with Crippen molar-refractivity contribution in [2.75, 3.05) is 13.2 Å². The van der Waals surface area contributed by atoms with Gasteiger partial charge in [0.2, 0.25) is 0 Å². The van der Waals surface area contributed by atoms with Gasteiger partial charge in [-0.05, 0) is 0 Å². The fourth-order valence-corrected chi connectivity index (χ4v) is 1.23. The number of ether oxygens (including phenoxy) is 3. The van der Waals surface area contributed by atoms with Crippen LogP contribution >= 0.6 is 0 Å². The molecule has 0 saturated carbocycles. The summed E-state index contributed by atoms with van der Waals surface area (Å²) in [5.74, 6) is -16.2. The van der Waals surface area contributed by atoms with Gasteiger partial charge in [0.1, 0.15) is 6.61 Å². The van der Waals surface area contributed by atoms with E-state index in [1.54, 1.807) is 6.58 Å². The zero-order chi connectivity index (χ0) is 22.8. The van der Waals surface area contributed by atoms with Crippen LogP contribution in [0.5, 0.6) is 0 Å². The smallest absolute Gasteiger partial charge is 0.371 e. The molecule has 0 aliphatic carbocycles. The van der Waals surface area contributed by atoms with Gasteiger partial charge in [-0.3, -0.25) is 9.47 Å². The van der Waals surface area contributed by atoms with Gasteiger partial charge in [0.15, 0.2) is 5.83 Å². The zero-order valence-electron chi connectivity index (χ0n) is 13.0. The van der Waals surface area contributed by atoms with E-state index >= 15 is 0 Å². The minimum atomic E-state index is -7.27. The fraction of sp³-hybridized carbons (Fsp3) is 0.667. The quantitative estimate of drug-likeness (QED) is 0.256. The first-order valence-electron chi connectivity index (χ1n) is 6.37. The molecule has 2 unspecified atom stereocenters. The van der Waals surface area contributed by atoms with Gasteiger partial charge in [-0.25, -0.2) is 4.39 Å². The number of halogens is 13. The summed E-state index contributed by atoms with van der Waals surface area (Å²) in [6, 6.07) is 0. The summed E-state index contributed by atoms with van der Waals surface area (Å²) < 4.78 is 176. The average Bonchev–Trinajstić information content (AvgIpc) is 2.43. The lowest BCUT2D eigenvalue weighted by Crippen LogP contribution is -2.65. The van der Waals surface area contributed by atoms with E-state index in [0.717, 1.165) is 0 Å². The number of rotatable bonds is 10. The molecule has 0 rings (SSSR count). The van der Waals surface area contributed by atoms with Gasteiger partial charge in [-0.1, -0.05) is 12.7 Å². The van der Waals surface area contributed by atoms with Crippen LogP contribution in [0, 0.1) is 0 Å². The normalized spacial score (nSPS) is 18.3. The van der Waals surface area contributed by atoms with Crippen LogP contribution in [0.2, 0.25) is 0 Å². The molecule has 0 heterocycles. The van der Waals surface area contributed by atoms with Gasteiger partial charge >= 0.3 is 36.3 Å². The van der Waals surface area contributed by atoms with Crippen molar-refractivity contribution in [2.45, 2.75) is 36.3 Å². The molecule has 0 aliphatic heterocycles. The lowest BCUT2D eigenvalue weighted by atomic mass is 10.2. The Hall–Kier alpha value is -1.55. The van der Waals surface area contributed by atoms with E-state index in [4.69, 9.17) is 0 Å². The highest BCUT2D eigenvalue weighted by Gasteiger charge is 2.80. The maximum absolute atomic E-state index is 13.8. The third kappa shape index (κ3) is 5.50. The van der Waals surface area contributed by atoms with Crippen molar-refractivity contribution in [1.82, 2.24) is 0 Å². The van der Waals surface area contributed by atoms with Crippen LogP contribution in [-0.4, -0.2) is 49.5 Å². The van der Waals surface area contributed by atoms with E-state index in [2.05, 4.69) is 16.1 Å². The van der Waals surface area contributed by atoms with Crippen molar-refractivity contribution in [3.8, 4) is 0 Å². The van der Waals surface area contributed by atoms with Crippen LogP contribution in [0.3, 0.4) is 0 Å².